The third-order valence-corrected chi connectivity index (χ3v) is 5.39. The van der Waals surface area contributed by atoms with Crippen LogP contribution in [0, 0.1) is 16.7 Å². The Labute approximate surface area is 104 Å². The minimum Gasteiger partial charge on any atom is -0.246 e. The first-order valence-corrected chi connectivity index (χ1v) is 6.34. The average Bonchev–Trinajstić information content (AvgIpc) is 2.79. The van der Waals surface area contributed by atoms with Crippen molar-refractivity contribution in [3.05, 3.63) is 21.0 Å². The van der Waals surface area contributed by atoms with Gasteiger partial charge in [0.1, 0.15) is 0 Å². The molecular weight excluding hydrogens is 232 g/mol. The maximum atomic E-state index is 11.5. The lowest BCUT2D eigenvalue weighted by atomic mass is 9.70. The maximum absolute atomic E-state index is 11.5. The number of rotatable bonds is 1. The standard InChI is InChI=1S/C12H18N4O2/c1-11(2)7-4-5-12(11,3)8(6-7)15-16-9(17)13-14-10(16)18/h7H,4-6H2,1-3H3,(H,13,17)(H,14,18)/b15-8+. The fourth-order valence-electron chi connectivity index (χ4n) is 3.60. The Balaban J connectivity index is 2.11. The molecule has 2 aliphatic rings. The van der Waals surface area contributed by atoms with Gasteiger partial charge in [-0.05, 0) is 30.6 Å². The van der Waals surface area contributed by atoms with E-state index in [0.29, 0.717) is 5.92 Å². The lowest BCUT2D eigenvalue weighted by molar-refractivity contribution is 0.193. The SMILES string of the molecule is CC12CCC(C/C1=N\n1c(=O)[nH][nH]c1=O)C2(C)C. The topological polar surface area (TPSA) is 83.0 Å². The van der Waals surface area contributed by atoms with Crippen LogP contribution in [0.5, 0.6) is 0 Å². The van der Waals surface area contributed by atoms with Crippen molar-refractivity contribution in [2.75, 3.05) is 0 Å². The number of fused-ring (bicyclic) bond motifs is 2. The molecule has 6 nitrogen and oxygen atoms in total. The molecule has 0 saturated heterocycles. The van der Waals surface area contributed by atoms with Crippen LogP contribution in [0.2, 0.25) is 0 Å². The first kappa shape index (κ1) is 11.5. The summed E-state index contributed by atoms with van der Waals surface area (Å²) in [5, 5.41) is 8.82. The average molecular weight is 250 g/mol. The van der Waals surface area contributed by atoms with Crippen molar-refractivity contribution in [2.24, 2.45) is 21.8 Å². The highest BCUT2D eigenvalue weighted by Gasteiger charge is 2.60. The van der Waals surface area contributed by atoms with Crippen LogP contribution in [-0.2, 0) is 0 Å². The van der Waals surface area contributed by atoms with Gasteiger partial charge in [-0.25, -0.2) is 19.8 Å². The first-order chi connectivity index (χ1) is 8.36. The molecule has 3 rings (SSSR count). The first-order valence-electron chi connectivity index (χ1n) is 6.34. The molecular formula is C12H18N4O2. The zero-order chi connectivity index (χ0) is 13.1. The highest BCUT2D eigenvalue weighted by molar-refractivity contribution is 5.94. The summed E-state index contributed by atoms with van der Waals surface area (Å²) >= 11 is 0. The van der Waals surface area contributed by atoms with Crippen molar-refractivity contribution in [1.29, 1.82) is 0 Å². The number of hydrogen-bond donors (Lipinski definition) is 2. The number of hydrogen-bond acceptors (Lipinski definition) is 3. The van der Waals surface area contributed by atoms with Crippen LogP contribution in [0.15, 0.2) is 14.7 Å². The van der Waals surface area contributed by atoms with Gasteiger partial charge in [-0.3, -0.25) is 0 Å². The number of aromatic nitrogens is 3. The third kappa shape index (κ3) is 1.20. The summed E-state index contributed by atoms with van der Waals surface area (Å²) in [5.74, 6) is 0.606. The summed E-state index contributed by atoms with van der Waals surface area (Å²) in [6.07, 6.45) is 3.18. The second kappa shape index (κ2) is 3.24. The Morgan fingerprint density at radius 2 is 1.83 bits per heavy atom. The van der Waals surface area contributed by atoms with Gasteiger partial charge in [-0.15, -0.1) is 4.68 Å². The van der Waals surface area contributed by atoms with Gasteiger partial charge >= 0.3 is 11.4 Å². The van der Waals surface area contributed by atoms with Crippen molar-refractivity contribution in [3.8, 4) is 0 Å². The number of aromatic amines is 2. The smallest absolute Gasteiger partial charge is 0.246 e. The summed E-state index contributed by atoms with van der Waals surface area (Å²) in [6, 6.07) is 0. The fraction of sp³-hybridized carbons (Fsp3) is 0.750. The molecule has 0 aromatic carbocycles. The Morgan fingerprint density at radius 3 is 2.28 bits per heavy atom. The van der Waals surface area contributed by atoms with Gasteiger partial charge in [0.25, 0.3) is 0 Å². The molecule has 0 aliphatic heterocycles. The minimum absolute atomic E-state index is 0.000810. The molecule has 0 spiro atoms. The largest absolute Gasteiger partial charge is 0.365 e. The summed E-state index contributed by atoms with van der Waals surface area (Å²) < 4.78 is 0.900. The summed E-state index contributed by atoms with van der Waals surface area (Å²) in [6.45, 7) is 6.72. The number of nitrogens with zero attached hydrogens (tertiary/aromatic N) is 2. The molecule has 0 amide bonds. The van der Waals surface area contributed by atoms with E-state index in [1.165, 1.54) is 6.42 Å². The van der Waals surface area contributed by atoms with Crippen molar-refractivity contribution in [3.63, 3.8) is 0 Å². The molecule has 6 heteroatoms. The van der Waals surface area contributed by atoms with Crippen molar-refractivity contribution < 1.29 is 0 Å². The normalized spacial score (nSPS) is 35.5. The Hall–Kier alpha value is -1.59. The Morgan fingerprint density at radius 1 is 1.22 bits per heavy atom. The van der Waals surface area contributed by atoms with Crippen LogP contribution in [0.3, 0.4) is 0 Å². The van der Waals surface area contributed by atoms with Gasteiger partial charge < -0.3 is 0 Å². The van der Waals surface area contributed by atoms with Crippen LogP contribution in [0.4, 0.5) is 0 Å². The Bertz CT molecular complexity index is 605. The second-order valence-electron chi connectivity index (χ2n) is 6.21. The molecule has 2 unspecified atom stereocenters. The Kier molecular flexibility index (Phi) is 2.07. The molecule has 18 heavy (non-hydrogen) atoms. The molecule has 0 radical (unpaired) electrons. The van der Waals surface area contributed by atoms with E-state index in [4.69, 9.17) is 0 Å². The van der Waals surface area contributed by atoms with E-state index in [9.17, 15) is 9.59 Å². The second-order valence-corrected chi connectivity index (χ2v) is 6.21. The molecule has 1 aromatic rings. The molecule has 2 fully saturated rings. The molecule has 2 atom stereocenters. The number of H-pyrrole nitrogens is 2. The van der Waals surface area contributed by atoms with Gasteiger partial charge in [-0.1, -0.05) is 20.8 Å². The molecule has 98 valence electrons. The lowest BCUT2D eigenvalue weighted by Gasteiger charge is -2.34. The minimum atomic E-state index is -0.503. The van der Waals surface area contributed by atoms with E-state index in [1.54, 1.807) is 0 Å². The zero-order valence-corrected chi connectivity index (χ0v) is 10.9. The van der Waals surface area contributed by atoms with Crippen LogP contribution in [0.1, 0.15) is 40.0 Å². The van der Waals surface area contributed by atoms with E-state index in [-0.39, 0.29) is 10.8 Å². The summed E-state index contributed by atoms with van der Waals surface area (Å²) in [4.78, 5) is 22.9. The highest BCUT2D eigenvalue weighted by atomic mass is 16.2. The quantitative estimate of drug-likeness (QED) is 0.776. The molecule has 2 N–H and O–H groups in total. The highest BCUT2D eigenvalue weighted by Crippen LogP contribution is 2.63. The van der Waals surface area contributed by atoms with Gasteiger partial charge in [0.05, 0.1) is 0 Å². The number of nitrogens with one attached hydrogen (secondary N) is 2. The van der Waals surface area contributed by atoms with Gasteiger partial charge in [0, 0.05) is 11.1 Å². The summed E-state index contributed by atoms with van der Waals surface area (Å²) in [7, 11) is 0. The molecule has 2 bridgehead atoms. The monoisotopic (exact) mass is 250 g/mol. The zero-order valence-electron chi connectivity index (χ0n) is 10.9. The van der Waals surface area contributed by atoms with Crippen LogP contribution >= 0.6 is 0 Å². The fourth-order valence-corrected chi connectivity index (χ4v) is 3.60. The van der Waals surface area contributed by atoms with Crippen LogP contribution < -0.4 is 11.4 Å². The van der Waals surface area contributed by atoms with E-state index in [1.807, 2.05) is 0 Å². The van der Waals surface area contributed by atoms with E-state index in [0.717, 1.165) is 23.2 Å². The van der Waals surface area contributed by atoms with E-state index < -0.39 is 11.4 Å². The molecule has 1 heterocycles. The van der Waals surface area contributed by atoms with Gasteiger partial charge in [-0.2, -0.15) is 5.10 Å². The summed E-state index contributed by atoms with van der Waals surface area (Å²) in [5.41, 5.74) is 0.170. The van der Waals surface area contributed by atoms with Crippen molar-refractivity contribution in [2.45, 2.75) is 40.0 Å². The molecule has 2 aliphatic carbocycles. The molecule has 2 saturated carbocycles. The molecule has 1 aromatic heterocycles. The van der Waals surface area contributed by atoms with Gasteiger partial charge in [0.15, 0.2) is 0 Å². The predicted molar refractivity (Wildman–Crippen MR) is 67.7 cm³/mol. The van der Waals surface area contributed by atoms with E-state index in [2.05, 4.69) is 36.1 Å². The predicted octanol–water partition coefficient (Wildman–Crippen LogP) is 0.915. The van der Waals surface area contributed by atoms with Crippen LogP contribution in [-0.4, -0.2) is 20.6 Å². The van der Waals surface area contributed by atoms with Gasteiger partial charge in [0.2, 0.25) is 0 Å². The maximum Gasteiger partial charge on any atom is 0.365 e. The van der Waals surface area contributed by atoms with Crippen molar-refractivity contribution >= 4 is 5.71 Å². The third-order valence-electron chi connectivity index (χ3n) is 5.39. The lowest BCUT2D eigenvalue weighted by Crippen LogP contribution is -2.34. The van der Waals surface area contributed by atoms with Crippen molar-refractivity contribution in [1.82, 2.24) is 14.9 Å². The van der Waals surface area contributed by atoms with E-state index >= 15 is 0 Å². The van der Waals surface area contributed by atoms with Crippen LogP contribution in [0.25, 0.3) is 0 Å².